The van der Waals surface area contributed by atoms with Crippen LogP contribution in [0.1, 0.15) is 56.5 Å². The van der Waals surface area contributed by atoms with Crippen LogP contribution in [0.25, 0.3) is 0 Å². The van der Waals surface area contributed by atoms with Gasteiger partial charge in [0.25, 0.3) is 11.8 Å². The Morgan fingerprint density at radius 3 is 2.35 bits per heavy atom. The Morgan fingerprint density at radius 1 is 1.08 bits per heavy atom. The summed E-state index contributed by atoms with van der Waals surface area (Å²) >= 11 is 5.87. The fourth-order valence-corrected chi connectivity index (χ4v) is 5.83. The third-order valence-corrected chi connectivity index (χ3v) is 8.71. The van der Waals surface area contributed by atoms with Gasteiger partial charge in [-0.2, -0.15) is 0 Å². The fourth-order valence-electron chi connectivity index (χ4n) is 5.65. The predicted octanol–water partition coefficient (Wildman–Crippen LogP) is 3.93. The molecular formula is C36H44ClN3O9. The van der Waals surface area contributed by atoms with Crippen molar-refractivity contribution in [3.05, 3.63) is 93.9 Å². The Balaban J connectivity index is 2.08. The number of allylic oxidation sites excluding steroid dienone is 4. The van der Waals surface area contributed by atoms with E-state index in [1.807, 2.05) is 6.92 Å². The highest BCUT2D eigenvalue weighted by atomic mass is 35.5. The molecule has 3 rings (SSSR count). The summed E-state index contributed by atoms with van der Waals surface area (Å²) in [5, 5.41) is 16.5. The molecule has 0 saturated heterocycles. The van der Waals surface area contributed by atoms with Crippen LogP contribution in [0.2, 0.25) is 0 Å². The highest BCUT2D eigenvalue weighted by Crippen LogP contribution is 2.29. The summed E-state index contributed by atoms with van der Waals surface area (Å²) in [6.07, 6.45) is 2.95. The smallest absolute Gasteiger partial charge is 0.405 e. The van der Waals surface area contributed by atoms with Crippen molar-refractivity contribution in [1.29, 1.82) is 0 Å². The maximum atomic E-state index is 13.9. The van der Waals surface area contributed by atoms with Gasteiger partial charge in [-0.05, 0) is 55.9 Å². The second kappa shape index (κ2) is 17.9. The lowest BCUT2D eigenvalue weighted by Gasteiger charge is -2.30. The quantitative estimate of drug-likeness (QED) is 0.194. The van der Waals surface area contributed by atoms with Gasteiger partial charge in [0.05, 0.1) is 23.6 Å². The van der Waals surface area contributed by atoms with E-state index in [0.29, 0.717) is 5.57 Å². The monoisotopic (exact) mass is 697 g/mol. The molecule has 0 radical (unpaired) electrons. The van der Waals surface area contributed by atoms with Crippen molar-refractivity contribution in [2.24, 2.45) is 17.6 Å². The van der Waals surface area contributed by atoms with E-state index in [-0.39, 0.29) is 52.7 Å². The molecule has 5 N–H and O–H groups in total. The maximum absolute atomic E-state index is 13.9. The van der Waals surface area contributed by atoms with Crippen LogP contribution in [0, 0.1) is 11.8 Å². The summed E-state index contributed by atoms with van der Waals surface area (Å²) in [5.41, 5.74) is 6.70. The van der Waals surface area contributed by atoms with Crippen molar-refractivity contribution >= 4 is 41.1 Å². The standard InChI is InChI=1S/C36H44ClN3O9/c1-19-14-25-30(40-35(45)24-12-10-23(18-37)11-13-24)27(41)17-26(32(25)43)39-34(44)20(2)8-7-9-28(47-5)33(49-36(38)46)22(4)16-21(3)31(42)29(15-19)48-6/h7-13,16-17,19,21,28-29,31,33,42H,14-15,18H2,1-6H3,(H2,38,46)(H,39,44)(H,40,45)/b9-7-,20-8+,22-16+/t19-,21+,28+,29+,31-,33-/m1/s1. The minimum Gasteiger partial charge on any atom is -0.439 e. The number of benzene rings is 1. The van der Waals surface area contributed by atoms with Crippen molar-refractivity contribution < 1.29 is 43.3 Å². The van der Waals surface area contributed by atoms with Gasteiger partial charge in [-0.15, -0.1) is 11.6 Å². The molecule has 0 aromatic heterocycles. The molecule has 264 valence electrons. The topological polar surface area (TPSA) is 183 Å². The molecule has 0 saturated carbocycles. The molecule has 0 unspecified atom stereocenters. The number of primary amides is 1. The molecule has 1 aliphatic heterocycles. The zero-order valence-electron chi connectivity index (χ0n) is 28.5. The summed E-state index contributed by atoms with van der Waals surface area (Å²) in [4.78, 5) is 65.5. The first-order valence-corrected chi connectivity index (χ1v) is 16.3. The van der Waals surface area contributed by atoms with Crippen molar-refractivity contribution in [2.75, 3.05) is 14.2 Å². The van der Waals surface area contributed by atoms with E-state index < -0.39 is 59.8 Å². The molecular weight excluding hydrogens is 654 g/mol. The van der Waals surface area contributed by atoms with E-state index >= 15 is 0 Å². The zero-order chi connectivity index (χ0) is 36.4. The Labute approximate surface area is 291 Å². The second-order valence-electron chi connectivity index (χ2n) is 12.2. The van der Waals surface area contributed by atoms with E-state index in [2.05, 4.69) is 10.6 Å². The molecule has 1 aromatic carbocycles. The summed E-state index contributed by atoms with van der Waals surface area (Å²) in [5.74, 6) is -3.16. The highest BCUT2D eigenvalue weighted by Gasteiger charge is 2.34. The van der Waals surface area contributed by atoms with Gasteiger partial charge in [0.15, 0.2) is 6.10 Å². The number of nitrogens with one attached hydrogen (secondary N) is 2. The van der Waals surface area contributed by atoms with Gasteiger partial charge >= 0.3 is 6.09 Å². The number of Topliss-reactive ketones (excluding diaryl/α,β-unsaturated/α-hetero) is 1. The first-order valence-electron chi connectivity index (χ1n) is 15.7. The largest absolute Gasteiger partial charge is 0.439 e. The number of hydrogen-bond donors (Lipinski definition) is 4. The molecule has 6 atom stereocenters. The number of hydrogen-bond acceptors (Lipinski definition) is 9. The molecule has 49 heavy (non-hydrogen) atoms. The second-order valence-corrected chi connectivity index (χ2v) is 12.5. The lowest BCUT2D eigenvalue weighted by Crippen LogP contribution is -2.38. The first kappa shape index (κ1) is 39.1. The molecule has 1 heterocycles. The van der Waals surface area contributed by atoms with Gasteiger partial charge in [0.1, 0.15) is 6.10 Å². The SMILES string of the molecule is CO[C@H]1/C=C\C=C(/C)C(=O)NC2=CC(=O)C(NC(=O)c3ccc(CCl)cc3)=C(C[C@@H](C)C[C@H](OC)[C@H](O)[C@@H](C)/C=C(\C)[C@H]1OC(N)=O)C2=O. The number of carbonyl (C=O) groups is 5. The number of methoxy groups -OCH3 is 2. The average molecular weight is 698 g/mol. The summed E-state index contributed by atoms with van der Waals surface area (Å²) in [6, 6.07) is 6.49. The minimum absolute atomic E-state index is 0.00276. The van der Waals surface area contributed by atoms with E-state index in [1.54, 1.807) is 50.3 Å². The van der Waals surface area contributed by atoms with Crippen molar-refractivity contribution in [1.82, 2.24) is 10.6 Å². The molecule has 2 bridgehead atoms. The first-order chi connectivity index (χ1) is 23.2. The van der Waals surface area contributed by atoms with E-state index in [9.17, 15) is 29.1 Å². The molecule has 1 aromatic rings. The van der Waals surface area contributed by atoms with Gasteiger partial charge in [0.2, 0.25) is 11.6 Å². The van der Waals surface area contributed by atoms with Gasteiger partial charge in [-0.25, -0.2) is 4.79 Å². The number of amides is 3. The van der Waals surface area contributed by atoms with Crippen molar-refractivity contribution in [2.45, 2.75) is 70.8 Å². The van der Waals surface area contributed by atoms with E-state index in [0.717, 1.165) is 11.6 Å². The Kier molecular flexibility index (Phi) is 14.3. The lowest BCUT2D eigenvalue weighted by molar-refractivity contribution is -0.120. The van der Waals surface area contributed by atoms with E-state index in [4.69, 9.17) is 31.5 Å². The number of rotatable bonds is 6. The third kappa shape index (κ3) is 10.3. The van der Waals surface area contributed by atoms with Gasteiger partial charge in [0, 0.05) is 48.8 Å². The number of aliphatic hydroxyl groups is 1. The molecule has 1 aliphatic carbocycles. The number of ketones is 2. The van der Waals surface area contributed by atoms with Crippen LogP contribution in [-0.2, 0) is 34.5 Å². The van der Waals surface area contributed by atoms with Crippen LogP contribution in [0.3, 0.4) is 0 Å². The summed E-state index contributed by atoms with van der Waals surface area (Å²) < 4.78 is 16.6. The van der Waals surface area contributed by atoms with Crippen molar-refractivity contribution in [3.8, 4) is 0 Å². The minimum atomic E-state index is -1.04. The number of alkyl halides is 1. The normalized spacial score (nSPS) is 28.7. The number of ether oxygens (including phenoxy) is 3. The zero-order valence-corrected chi connectivity index (χ0v) is 29.2. The molecule has 12 nitrogen and oxygen atoms in total. The van der Waals surface area contributed by atoms with Crippen LogP contribution in [0.4, 0.5) is 4.79 Å². The van der Waals surface area contributed by atoms with Gasteiger partial charge in [-0.1, -0.05) is 50.3 Å². The summed E-state index contributed by atoms with van der Waals surface area (Å²) in [6.45, 7) is 6.81. The number of carbonyl (C=O) groups excluding carboxylic acids is 5. The maximum Gasteiger partial charge on any atom is 0.405 e. The predicted molar refractivity (Wildman–Crippen MR) is 183 cm³/mol. The van der Waals surface area contributed by atoms with Crippen LogP contribution in [-0.4, -0.2) is 73.2 Å². The van der Waals surface area contributed by atoms with E-state index in [1.165, 1.54) is 33.3 Å². The molecule has 13 heteroatoms. The van der Waals surface area contributed by atoms with Crippen LogP contribution in [0.5, 0.6) is 0 Å². The lowest BCUT2D eigenvalue weighted by atomic mass is 9.85. The molecule has 0 spiro atoms. The summed E-state index contributed by atoms with van der Waals surface area (Å²) in [7, 11) is 2.86. The van der Waals surface area contributed by atoms with Gasteiger partial charge < -0.3 is 35.7 Å². The number of fused-ring (bicyclic) bond motifs is 2. The molecule has 2 aliphatic rings. The number of nitrogens with two attached hydrogens (primary N) is 1. The Hall–Kier alpha value is -4.36. The highest BCUT2D eigenvalue weighted by molar-refractivity contribution is 6.24. The molecule has 0 fully saturated rings. The van der Waals surface area contributed by atoms with Crippen LogP contribution >= 0.6 is 11.6 Å². The van der Waals surface area contributed by atoms with Crippen LogP contribution in [0.15, 0.2) is 82.8 Å². The third-order valence-electron chi connectivity index (χ3n) is 8.40. The Bertz CT molecular complexity index is 1590. The Morgan fingerprint density at radius 2 is 1.76 bits per heavy atom. The number of aliphatic hydroxyl groups excluding tert-OH is 1. The van der Waals surface area contributed by atoms with Crippen molar-refractivity contribution in [3.63, 3.8) is 0 Å². The van der Waals surface area contributed by atoms with Crippen LogP contribution < -0.4 is 16.4 Å². The van der Waals surface area contributed by atoms with Gasteiger partial charge in [-0.3, -0.25) is 19.2 Å². The number of halogens is 1. The average Bonchev–Trinajstić information content (AvgIpc) is 3.07. The fraction of sp³-hybridized carbons (Fsp3) is 0.417. The molecule has 3 amide bonds.